The highest BCUT2D eigenvalue weighted by Gasteiger charge is 2.15. The van der Waals surface area contributed by atoms with Crippen molar-refractivity contribution in [2.45, 2.75) is 26.2 Å². The van der Waals surface area contributed by atoms with Crippen LogP contribution in [0.15, 0.2) is 53.0 Å². The van der Waals surface area contributed by atoms with Crippen LogP contribution in [-0.4, -0.2) is 18.4 Å². The fourth-order valence-corrected chi connectivity index (χ4v) is 2.30. The highest BCUT2D eigenvalue weighted by atomic mass is 79.9. The lowest BCUT2D eigenvalue weighted by molar-refractivity contribution is 0.0474. The lowest BCUT2D eigenvalue weighted by Gasteiger charge is -2.18. The highest BCUT2D eigenvalue weighted by Crippen LogP contribution is 2.22. The van der Waals surface area contributed by atoms with Gasteiger partial charge in [-0.1, -0.05) is 61.0 Å². The highest BCUT2D eigenvalue weighted by molar-refractivity contribution is 9.10. The molecule has 0 aliphatic carbocycles. The molecule has 2 rings (SSSR count). The first-order valence-corrected chi connectivity index (χ1v) is 8.13. The standard InChI is InChI=1S/C19H19BrO3/c1-19(2,3)15-8-4-14(5-9-15)18(22)23-12-17(21)13-6-10-16(20)11-7-13/h4-11H,12H2,1-3H3. The molecule has 0 N–H and O–H groups in total. The summed E-state index contributed by atoms with van der Waals surface area (Å²) in [5.41, 5.74) is 2.13. The average molecular weight is 375 g/mol. The van der Waals surface area contributed by atoms with Gasteiger partial charge in [0.05, 0.1) is 5.56 Å². The van der Waals surface area contributed by atoms with Crippen LogP contribution in [0.25, 0.3) is 0 Å². The Kier molecular flexibility index (Phi) is 5.37. The molecule has 0 aliphatic rings. The molecule has 4 heteroatoms. The molecule has 2 aromatic rings. The first-order chi connectivity index (χ1) is 10.8. The Balaban J connectivity index is 1.97. The van der Waals surface area contributed by atoms with Gasteiger partial charge in [-0.3, -0.25) is 4.79 Å². The van der Waals surface area contributed by atoms with Crippen molar-refractivity contribution in [1.82, 2.24) is 0 Å². The maximum Gasteiger partial charge on any atom is 0.338 e. The van der Waals surface area contributed by atoms with Crippen LogP contribution in [0.5, 0.6) is 0 Å². The summed E-state index contributed by atoms with van der Waals surface area (Å²) < 4.78 is 5.99. The molecule has 0 saturated heterocycles. The Morgan fingerprint density at radius 2 is 1.43 bits per heavy atom. The van der Waals surface area contributed by atoms with Crippen molar-refractivity contribution in [3.63, 3.8) is 0 Å². The number of carbonyl (C=O) groups is 2. The molecule has 0 saturated carbocycles. The van der Waals surface area contributed by atoms with Gasteiger partial charge in [0, 0.05) is 10.0 Å². The van der Waals surface area contributed by atoms with Crippen LogP contribution in [-0.2, 0) is 10.2 Å². The Hall–Kier alpha value is -1.94. The third kappa shape index (κ3) is 4.76. The fourth-order valence-electron chi connectivity index (χ4n) is 2.04. The van der Waals surface area contributed by atoms with E-state index in [0.717, 1.165) is 10.0 Å². The molecule has 0 unspecified atom stereocenters. The first kappa shape index (κ1) is 17.4. The normalized spacial score (nSPS) is 11.1. The molecule has 0 aromatic heterocycles. The van der Waals surface area contributed by atoms with Gasteiger partial charge in [0.2, 0.25) is 0 Å². The summed E-state index contributed by atoms with van der Waals surface area (Å²) in [6, 6.07) is 14.2. The number of ketones is 1. The molecule has 0 radical (unpaired) electrons. The summed E-state index contributed by atoms with van der Waals surface area (Å²) in [6.45, 7) is 6.06. The minimum absolute atomic E-state index is 0.0278. The van der Waals surface area contributed by atoms with Gasteiger partial charge in [0.25, 0.3) is 0 Å². The number of hydrogen-bond donors (Lipinski definition) is 0. The minimum atomic E-state index is -0.490. The van der Waals surface area contributed by atoms with Gasteiger partial charge in [-0.05, 0) is 35.2 Å². The molecule has 2 aromatic carbocycles. The van der Waals surface area contributed by atoms with Crippen LogP contribution in [0.1, 0.15) is 47.1 Å². The maximum atomic E-state index is 12.0. The van der Waals surface area contributed by atoms with Crippen molar-refractivity contribution in [3.05, 3.63) is 69.7 Å². The van der Waals surface area contributed by atoms with Crippen molar-refractivity contribution in [2.24, 2.45) is 0 Å². The number of halogens is 1. The Morgan fingerprint density at radius 1 is 0.913 bits per heavy atom. The van der Waals surface area contributed by atoms with E-state index < -0.39 is 5.97 Å². The lowest BCUT2D eigenvalue weighted by Crippen LogP contribution is -2.15. The van der Waals surface area contributed by atoms with Crippen LogP contribution in [0.4, 0.5) is 0 Å². The topological polar surface area (TPSA) is 43.4 Å². The molecule has 0 atom stereocenters. The first-order valence-electron chi connectivity index (χ1n) is 7.34. The van der Waals surface area contributed by atoms with Crippen LogP contribution >= 0.6 is 15.9 Å². The predicted octanol–water partition coefficient (Wildman–Crippen LogP) is 4.79. The zero-order valence-electron chi connectivity index (χ0n) is 13.4. The van der Waals surface area contributed by atoms with Crippen molar-refractivity contribution in [1.29, 1.82) is 0 Å². The second kappa shape index (κ2) is 7.09. The third-order valence-electron chi connectivity index (χ3n) is 3.49. The summed E-state index contributed by atoms with van der Waals surface area (Å²) >= 11 is 3.31. The lowest BCUT2D eigenvalue weighted by atomic mass is 9.87. The van der Waals surface area contributed by atoms with Crippen LogP contribution < -0.4 is 0 Å². The molecule has 0 bridgehead atoms. The monoisotopic (exact) mass is 374 g/mol. The smallest absolute Gasteiger partial charge is 0.338 e. The number of rotatable bonds is 4. The second-order valence-corrected chi connectivity index (χ2v) is 7.25. The minimum Gasteiger partial charge on any atom is -0.454 e. The maximum absolute atomic E-state index is 12.0. The zero-order chi connectivity index (χ0) is 17.0. The van der Waals surface area contributed by atoms with E-state index in [0.29, 0.717) is 11.1 Å². The number of ether oxygens (including phenoxy) is 1. The van der Waals surface area contributed by atoms with Gasteiger partial charge in [-0.25, -0.2) is 4.79 Å². The van der Waals surface area contributed by atoms with Gasteiger partial charge in [0.1, 0.15) is 0 Å². The number of hydrogen-bond acceptors (Lipinski definition) is 3. The summed E-state index contributed by atoms with van der Waals surface area (Å²) in [7, 11) is 0. The second-order valence-electron chi connectivity index (χ2n) is 6.33. The quantitative estimate of drug-likeness (QED) is 0.570. The predicted molar refractivity (Wildman–Crippen MR) is 93.9 cm³/mol. The summed E-state index contributed by atoms with van der Waals surface area (Å²) in [4.78, 5) is 24.0. The van der Waals surface area contributed by atoms with E-state index >= 15 is 0 Å². The molecule has 3 nitrogen and oxygen atoms in total. The summed E-state index contributed by atoms with van der Waals surface area (Å²) in [6.07, 6.45) is 0. The van der Waals surface area contributed by atoms with Crippen molar-refractivity contribution in [3.8, 4) is 0 Å². The number of Topliss-reactive ketones (excluding diaryl/α,β-unsaturated/α-hetero) is 1. The molecular formula is C19H19BrO3. The van der Waals surface area contributed by atoms with Gasteiger partial charge in [-0.15, -0.1) is 0 Å². The van der Waals surface area contributed by atoms with E-state index in [-0.39, 0.29) is 17.8 Å². The van der Waals surface area contributed by atoms with E-state index in [9.17, 15) is 9.59 Å². The number of benzene rings is 2. The summed E-state index contributed by atoms with van der Waals surface area (Å²) in [5, 5.41) is 0. The van der Waals surface area contributed by atoms with Gasteiger partial charge >= 0.3 is 5.97 Å². The average Bonchev–Trinajstić information content (AvgIpc) is 2.52. The zero-order valence-corrected chi connectivity index (χ0v) is 15.0. The van der Waals surface area contributed by atoms with Crippen molar-refractivity contribution in [2.75, 3.05) is 6.61 Å². The fraction of sp³-hybridized carbons (Fsp3) is 0.263. The SMILES string of the molecule is CC(C)(C)c1ccc(C(=O)OCC(=O)c2ccc(Br)cc2)cc1. The molecule has 0 fully saturated rings. The molecule has 23 heavy (non-hydrogen) atoms. The molecule has 0 amide bonds. The third-order valence-corrected chi connectivity index (χ3v) is 4.02. The Labute approximate surface area is 144 Å². The van der Waals surface area contributed by atoms with E-state index in [1.165, 1.54) is 0 Å². The summed E-state index contributed by atoms with van der Waals surface area (Å²) in [5.74, 6) is -0.715. The van der Waals surface area contributed by atoms with E-state index in [1.807, 2.05) is 12.1 Å². The van der Waals surface area contributed by atoms with Gasteiger partial charge < -0.3 is 4.74 Å². The van der Waals surface area contributed by atoms with Crippen LogP contribution in [0.2, 0.25) is 0 Å². The number of esters is 1. The van der Waals surface area contributed by atoms with Crippen LogP contribution in [0.3, 0.4) is 0 Å². The largest absolute Gasteiger partial charge is 0.454 e. The van der Waals surface area contributed by atoms with E-state index in [4.69, 9.17) is 4.74 Å². The van der Waals surface area contributed by atoms with Crippen LogP contribution in [0, 0.1) is 0 Å². The Bertz CT molecular complexity index is 695. The van der Waals surface area contributed by atoms with Crippen molar-refractivity contribution >= 4 is 27.7 Å². The van der Waals surface area contributed by atoms with Gasteiger partial charge in [-0.2, -0.15) is 0 Å². The van der Waals surface area contributed by atoms with Gasteiger partial charge in [0.15, 0.2) is 12.4 Å². The molecule has 120 valence electrons. The van der Waals surface area contributed by atoms with Crippen molar-refractivity contribution < 1.29 is 14.3 Å². The molecule has 0 spiro atoms. The molecular weight excluding hydrogens is 356 g/mol. The van der Waals surface area contributed by atoms with E-state index in [2.05, 4.69) is 36.7 Å². The van der Waals surface area contributed by atoms with E-state index in [1.54, 1.807) is 36.4 Å². The number of carbonyl (C=O) groups excluding carboxylic acids is 2. The Morgan fingerprint density at radius 3 is 1.96 bits per heavy atom. The molecule has 0 aliphatic heterocycles. The molecule has 0 heterocycles.